The van der Waals surface area contributed by atoms with E-state index in [4.69, 9.17) is 4.74 Å². The van der Waals surface area contributed by atoms with Gasteiger partial charge in [0.25, 0.3) is 0 Å². The largest absolute Gasteiger partial charge is 0.493 e. The van der Waals surface area contributed by atoms with E-state index in [9.17, 15) is 9.90 Å². The second-order valence-electron chi connectivity index (χ2n) is 5.60. The van der Waals surface area contributed by atoms with Crippen LogP contribution in [0.25, 0.3) is 16.8 Å². The van der Waals surface area contributed by atoms with E-state index in [0.29, 0.717) is 18.1 Å². The molecule has 0 aliphatic carbocycles. The molecular weight excluding hydrogens is 352 g/mol. The fraction of sp³-hybridized carbons (Fsp3) is 0.167. The number of imidazole rings is 1. The number of hydrogen-bond acceptors (Lipinski definition) is 5. The number of nitrogens with zero attached hydrogens (tertiary/aromatic N) is 4. The SMILES string of the molecule is O=C(O)Cn1c2ccccc2n2c(SCCOc3ccccc3)nnc12. The first-order chi connectivity index (χ1) is 12.7. The molecule has 0 unspecified atom stereocenters. The van der Waals surface area contributed by atoms with Crippen molar-refractivity contribution in [1.82, 2.24) is 19.2 Å². The Morgan fingerprint density at radius 2 is 1.77 bits per heavy atom. The van der Waals surface area contributed by atoms with Crippen LogP contribution in [0.4, 0.5) is 0 Å². The first kappa shape index (κ1) is 16.5. The average molecular weight is 368 g/mol. The Bertz CT molecular complexity index is 1060. The second kappa shape index (κ2) is 7.09. The molecule has 0 bridgehead atoms. The minimum atomic E-state index is -0.915. The lowest BCUT2D eigenvalue weighted by molar-refractivity contribution is -0.137. The van der Waals surface area contributed by atoms with E-state index < -0.39 is 5.97 Å². The molecule has 132 valence electrons. The second-order valence-corrected chi connectivity index (χ2v) is 6.66. The molecule has 7 nitrogen and oxygen atoms in total. The number of fused-ring (bicyclic) bond motifs is 3. The maximum Gasteiger partial charge on any atom is 0.323 e. The number of rotatable bonds is 7. The third-order valence-electron chi connectivity index (χ3n) is 3.89. The van der Waals surface area contributed by atoms with Gasteiger partial charge < -0.3 is 9.84 Å². The summed E-state index contributed by atoms with van der Waals surface area (Å²) in [5.41, 5.74) is 1.71. The molecule has 2 heterocycles. The first-order valence-electron chi connectivity index (χ1n) is 8.09. The molecule has 1 N–H and O–H groups in total. The molecule has 2 aromatic heterocycles. The third kappa shape index (κ3) is 3.11. The van der Waals surface area contributed by atoms with Crippen LogP contribution in [0.2, 0.25) is 0 Å². The number of carboxylic acids is 1. The van der Waals surface area contributed by atoms with Crippen LogP contribution in [0.3, 0.4) is 0 Å². The van der Waals surface area contributed by atoms with Crippen LogP contribution in [0.1, 0.15) is 0 Å². The van der Waals surface area contributed by atoms with Crippen LogP contribution in [0.15, 0.2) is 59.8 Å². The van der Waals surface area contributed by atoms with Gasteiger partial charge in [0.15, 0.2) is 5.16 Å². The number of hydrogen-bond donors (Lipinski definition) is 1. The Labute approximate surface area is 153 Å². The minimum absolute atomic E-state index is 0.156. The molecule has 26 heavy (non-hydrogen) atoms. The fourth-order valence-corrected chi connectivity index (χ4v) is 3.59. The van der Waals surface area contributed by atoms with Crippen molar-refractivity contribution in [1.29, 1.82) is 0 Å². The van der Waals surface area contributed by atoms with Gasteiger partial charge in [-0.1, -0.05) is 42.1 Å². The molecule has 4 rings (SSSR count). The fourth-order valence-electron chi connectivity index (χ4n) is 2.83. The quantitative estimate of drug-likeness (QED) is 0.399. The maximum absolute atomic E-state index is 11.2. The summed E-state index contributed by atoms with van der Waals surface area (Å²) >= 11 is 1.53. The van der Waals surface area contributed by atoms with Gasteiger partial charge in [0.1, 0.15) is 12.3 Å². The molecule has 0 radical (unpaired) electrons. The van der Waals surface area contributed by atoms with E-state index in [-0.39, 0.29) is 6.54 Å². The molecular formula is C18H16N4O3S. The number of benzene rings is 2. The smallest absolute Gasteiger partial charge is 0.323 e. The van der Waals surface area contributed by atoms with Gasteiger partial charge in [-0.3, -0.25) is 13.8 Å². The Balaban J connectivity index is 1.57. The Kier molecular flexibility index (Phi) is 4.49. The highest BCUT2D eigenvalue weighted by Gasteiger charge is 2.18. The summed E-state index contributed by atoms with van der Waals surface area (Å²) in [7, 11) is 0. The highest BCUT2D eigenvalue weighted by atomic mass is 32.2. The van der Waals surface area contributed by atoms with Gasteiger partial charge >= 0.3 is 5.97 Å². The molecule has 0 atom stereocenters. The summed E-state index contributed by atoms with van der Waals surface area (Å²) in [5.74, 6) is 1.15. The predicted molar refractivity (Wildman–Crippen MR) is 98.8 cm³/mol. The summed E-state index contributed by atoms with van der Waals surface area (Å²) in [4.78, 5) is 11.2. The van der Waals surface area contributed by atoms with Crippen molar-refractivity contribution >= 4 is 34.5 Å². The van der Waals surface area contributed by atoms with Crippen molar-refractivity contribution in [3.8, 4) is 5.75 Å². The number of thioether (sulfide) groups is 1. The lowest BCUT2D eigenvalue weighted by Gasteiger charge is -2.04. The first-order valence-corrected chi connectivity index (χ1v) is 9.07. The van der Waals surface area contributed by atoms with E-state index in [1.54, 1.807) is 4.57 Å². The van der Waals surface area contributed by atoms with E-state index in [0.717, 1.165) is 21.9 Å². The maximum atomic E-state index is 11.2. The van der Waals surface area contributed by atoms with Crippen LogP contribution in [0, 0.1) is 0 Å². The Morgan fingerprint density at radius 3 is 2.54 bits per heavy atom. The molecule has 0 saturated heterocycles. The van der Waals surface area contributed by atoms with Gasteiger partial charge in [0.05, 0.1) is 17.6 Å². The van der Waals surface area contributed by atoms with Crippen LogP contribution in [-0.4, -0.2) is 42.6 Å². The molecule has 2 aromatic carbocycles. The summed E-state index contributed by atoms with van der Waals surface area (Å²) in [6.07, 6.45) is 0. The number of para-hydroxylation sites is 3. The van der Waals surface area contributed by atoms with Gasteiger partial charge in [-0.05, 0) is 24.3 Å². The van der Waals surface area contributed by atoms with Crippen LogP contribution in [0.5, 0.6) is 5.75 Å². The molecule has 0 aliphatic rings. The zero-order chi connectivity index (χ0) is 17.9. The third-order valence-corrected chi connectivity index (χ3v) is 4.78. The average Bonchev–Trinajstić information content (AvgIpc) is 3.19. The molecule has 0 spiro atoms. The van der Waals surface area contributed by atoms with Crippen molar-refractivity contribution in [3.63, 3.8) is 0 Å². The topological polar surface area (TPSA) is 81.7 Å². The van der Waals surface area contributed by atoms with Crippen LogP contribution < -0.4 is 4.74 Å². The van der Waals surface area contributed by atoms with Gasteiger partial charge in [-0.25, -0.2) is 0 Å². The van der Waals surface area contributed by atoms with Gasteiger partial charge in [-0.15, -0.1) is 10.2 Å². The zero-order valence-corrected chi connectivity index (χ0v) is 14.6. The molecule has 0 fully saturated rings. The van der Waals surface area contributed by atoms with Crippen molar-refractivity contribution in [3.05, 3.63) is 54.6 Å². The summed E-state index contributed by atoms with van der Waals surface area (Å²) in [6.45, 7) is 0.383. The monoisotopic (exact) mass is 368 g/mol. The molecule has 0 saturated carbocycles. The summed E-state index contributed by atoms with van der Waals surface area (Å²) < 4.78 is 9.26. The number of ether oxygens (including phenoxy) is 1. The number of aliphatic carboxylic acids is 1. The predicted octanol–water partition coefficient (Wildman–Crippen LogP) is 2.94. The van der Waals surface area contributed by atoms with Gasteiger partial charge in [-0.2, -0.15) is 0 Å². The molecule has 0 aliphatic heterocycles. The minimum Gasteiger partial charge on any atom is -0.493 e. The van der Waals surface area contributed by atoms with E-state index >= 15 is 0 Å². The van der Waals surface area contributed by atoms with Crippen molar-refractivity contribution in [2.45, 2.75) is 11.7 Å². The normalized spacial score (nSPS) is 11.2. The van der Waals surface area contributed by atoms with Crippen molar-refractivity contribution in [2.75, 3.05) is 12.4 Å². The van der Waals surface area contributed by atoms with Crippen LogP contribution >= 0.6 is 11.8 Å². The summed E-state index contributed by atoms with van der Waals surface area (Å²) in [6, 6.07) is 17.3. The van der Waals surface area contributed by atoms with Gasteiger partial charge in [0, 0.05) is 5.75 Å². The van der Waals surface area contributed by atoms with Gasteiger partial charge in [0.2, 0.25) is 5.78 Å². The van der Waals surface area contributed by atoms with E-state index in [2.05, 4.69) is 10.2 Å². The molecule has 8 heteroatoms. The van der Waals surface area contributed by atoms with Crippen molar-refractivity contribution in [2.24, 2.45) is 0 Å². The number of carbonyl (C=O) groups is 1. The van der Waals surface area contributed by atoms with Crippen molar-refractivity contribution < 1.29 is 14.6 Å². The van der Waals surface area contributed by atoms with E-state index in [1.807, 2.05) is 59.0 Å². The highest BCUT2D eigenvalue weighted by molar-refractivity contribution is 7.99. The van der Waals surface area contributed by atoms with E-state index in [1.165, 1.54) is 11.8 Å². The summed E-state index contributed by atoms with van der Waals surface area (Å²) in [5, 5.41) is 18.3. The number of carboxylic acid groups (broad SMARTS) is 1. The number of aromatic nitrogens is 4. The Morgan fingerprint density at radius 1 is 1.04 bits per heavy atom. The molecule has 4 aromatic rings. The standard InChI is InChI=1S/C18H16N4O3S/c23-16(24)12-21-14-8-4-5-9-15(14)22-17(21)19-20-18(22)26-11-10-25-13-6-2-1-3-7-13/h1-9H,10-12H2,(H,23,24). The lowest BCUT2D eigenvalue weighted by atomic mass is 10.3. The molecule has 0 amide bonds. The Hall–Kier alpha value is -3.00. The highest BCUT2D eigenvalue weighted by Crippen LogP contribution is 2.25. The zero-order valence-electron chi connectivity index (χ0n) is 13.8. The van der Waals surface area contributed by atoms with Crippen LogP contribution in [-0.2, 0) is 11.3 Å². The lowest BCUT2D eigenvalue weighted by Crippen LogP contribution is -2.08.